The number of fused-ring (bicyclic) bond motifs is 1. The van der Waals surface area contributed by atoms with Gasteiger partial charge in [-0.05, 0) is 29.7 Å². The van der Waals surface area contributed by atoms with Gasteiger partial charge in [0.25, 0.3) is 0 Å². The van der Waals surface area contributed by atoms with Gasteiger partial charge in [0.1, 0.15) is 0 Å². The van der Waals surface area contributed by atoms with E-state index >= 15 is 0 Å². The Kier molecular flexibility index (Phi) is 7.12. The smallest absolute Gasteiger partial charge is 0.313 e. The molecule has 4 rings (SSSR count). The number of ether oxygens (including phenoxy) is 4. The number of halogens is 1. The Balaban J connectivity index is 1.88. The molecule has 0 N–H and O–H groups in total. The molecule has 6 nitrogen and oxygen atoms in total. The van der Waals surface area contributed by atoms with Gasteiger partial charge in [-0.3, -0.25) is 9.59 Å². The zero-order valence-electron chi connectivity index (χ0n) is 19.7. The van der Waals surface area contributed by atoms with E-state index in [-0.39, 0.29) is 29.4 Å². The lowest BCUT2D eigenvalue weighted by atomic mass is 9.96. The number of hydrogen-bond donors (Lipinski definition) is 0. The second kappa shape index (κ2) is 10.2. The Morgan fingerprint density at radius 3 is 2.14 bits per heavy atom. The summed E-state index contributed by atoms with van der Waals surface area (Å²) in [4.78, 5) is 24.1. The van der Waals surface area contributed by atoms with Gasteiger partial charge in [-0.25, -0.2) is 0 Å². The second-order valence-corrected chi connectivity index (χ2v) is 8.87. The molecule has 3 aromatic rings. The van der Waals surface area contributed by atoms with Crippen LogP contribution in [0.3, 0.4) is 0 Å². The van der Waals surface area contributed by atoms with E-state index in [1.807, 2.05) is 60.7 Å². The molecule has 0 heterocycles. The number of methoxy groups -OCH3 is 2. The van der Waals surface area contributed by atoms with Crippen molar-refractivity contribution >= 4 is 34.3 Å². The minimum Gasteiger partial charge on any atom is -0.490 e. The number of carbonyl (C=O) groups excluding carboxylic acids is 2. The van der Waals surface area contributed by atoms with Crippen LogP contribution in [0, 0.1) is 0 Å². The van der Waals surface area contributed by atoms with E-state index < -0.39 is 16.8 Å². The van der Waals surface area contributed by atoms with Crippen LogP contribution in [0.2, 0.25) is 0 Å². The van der Waals surface area contributed by atoms with Crippen molar-refractivity contribution in [2.75, 3.05) is 14.2 Å². The van der Waals surface area contributed by atoms with E-state index in [0.29, 0.717) is 17.2 Å². The van der Waals surface area contributed by atoms with Crippen molar-refractivity contribution in [2.24, 2.45) is 0 Å². The molecule has 3 aromatic carbocycles. The number of allylic oxidation sites excluding steroid dienone is 4. The lowest BCUT2D eigenvalue weighted by molar-refractivity contribution is -0.135. The predicted molar refractivity (Wildman–Crippen MR) is 136 cm³/mol. The van der Waals surface area contributed by atoms with E-state index in [2.05, 4.69) is 0 Å². The maximum Gasteiger partial charge on any atom is 0.313 e. The molecule has 0 aromatic heterocycles. The molecule has 0 saturated carbocycles. The zero-order chi connectivity index (χ0) is 25.0. The summed E-state index contributed by atoms with van der Waals surface area (Å²) in [6.07, 6.45) is 7.83. The monoisotopic (exact) mass is 492 g/mol. The highest BCUT2D eigenvalue weighted by Crippen LogP contribution is 2.52. The van der Waals surface area contributed by atoms with E-state index in [4.69, 9.17) is 30.5 Å². The molecule has 1 atom stereocenters. The minimum atomic E-state index is -0.869. The Morgan fingerprint density at radius 1 is 0.857 bits per heavy atom. The van der Waals surface area contributed by atoms with E-state index in [1.165, 1.54) is 21.1 Å². The van der Waals surface area contributed by atoms with Crippen LogP contribution in [0.25, 0.3) is 21.9 Å². The van der Waals surface area contributed by atoms with Crippen molar-refractivity contribution in [1.82, 2.24) is 0 Å². The summed E-state index contributed by atoms with van der Waals surface area (Å²) in [6, 6.07) is 15.3. The van der Waals surface area contributed by atoms with Crippen LogP contribution < -0.4 is 18.9 Å². The molecule has 1 unspecified atom stereocenters. The Morgan fingerprint density at radius 2 is 1.54 bits per heavy atom. The standard InChI is InChI=1S/C28H25ClO6/c1-18(30)34-24-21-13-12-20(19-10-6-4-7-11-19)16-22(21)25(27(33-3)26(24)32-2)35-23(31)17-28(29)14-8-5-9-15-28/h4-14,16H,15,17H2,1-3H3. The van der Waals surface area contributed by atoms with E-state index in [1.54, 1.807) is 12.1 Å². The number of rotatable bonds is 7. The first-order valence-electron chi connectivity index (χ1n) is 11.0. The molecule has 0 aliphatic heterocycles. The highest BCUT2D eigenvalue weighted by atomic mass is 35.5. The zero-order valence-corrected chi connectivity index (χ0v) is 20.4. The van der Waals surface area contributed by atoms with Gasteiger partial charge < -0.3 is 18.9 Å². The summed E-state index contributed by atoms with van der Waals surface area (Å²) < 4.78 is 22.5. The first kappa shape index (κ1) is 24.4. The highest BCUT2D eigenvalue weighted by molar-refractivity contribution is 6.26. The highest BCUT2D eigenvalue weighted by Gasteiger charge is 2.31. The molecular formula is C28H25ClO6. The first-order valence-corrected chi connectivity index (χ1v) is 11.4. The molecule has 0 radical (unpaired) electrons. The lowest BCUT2D eigenvalue weighted by Crippen LogP contribution is -2.26. The Labute approximate surface area is 208 Å². The molecule has 0 spiro atoms. The van der Waals surface area contributed by atoms with Gasteiger partial charge in [0.2, 0.25) is 11.5 Å². The predicted octanol–water partition coefficient (Wildman–Crippen LogP) is 6.24. The fraction of sp³-hybridized carbons (Fsp3) is 0.214. The van der Waals surface area contributed by atoms with Crippen LogP contribution in [-0.4, -0.2) is 31.0 Å². The number of alkyl halides is 1. The van der Waals surface area contributed by atoms with Crippen molar-refractivity contribution in [3.8, 4) is 34.1 Å². The molecule has 180 valence electrons. The topological polar surface area (TPSA) is 71.1 Å². The normalized spacial score (nSPS) is 16.7. The summed E-state index contributed by atoms with van der Waals surface area (Å²) in [5, 5.41) is 1.05. The third-order valence-electron chi connectivity index (χ3n) is 5.64. The average Bonchev–Trinajstić information content (AvgIpc) is 2.85. The summed E-state index contributed by atoms with van der Waals surface area (Å²) in [7, 11) is 2.85. The van der Waals surface area contributed by atoms with Crippen LogP contribution >= 0.6 is 11.6 Å². The maximum atomic E-state index is 13.1. The number of esters is 2. The van der Waals surface area contributed by atoms with Crippen molar-refractivity contribution < 1.29 is 28.5 Å². The van der Waals surface area contributed by atoms with Crippen molar-refractivity contribution in [3.63, 3.8) is 0 Å². The van der Waals surface area contributed by atoms with Gasteiger partial charge in [-0.1, -0.05) is 60.7 Å². The largest absolute Gasteiger partial charge is 0.490 e. The summed E-state index contributed by atoms with van der Waals surface area (Å²) >= 11 is 6.62. The third-order valence-corrected chi connectivity index (χ3v) is 6.06. The van der Waals surface area contributed by atoms with Crippen LogP contribution in [0.4, 0.5) is 0 Å². The Bertz CT molecular complexity index is 1330. The van der Waals surface area contributed by atoms with Gasteiger partial charge >= 0.3 is 11.9 Å². The molecule has 0 saturated heterocycles. The molecule has 7 heteroatoms. The second-order valence-electron chi connectivity index (χ2n) is 8.12. The summed E-state index contributed by atoms with van der Waals surface area (Å²) in [5.74, 6) is -0.435. The van der Waals surface area contributed by atoms with Crippen LogP contribution in [0.15, 0.2) is 72.8 Å². The van der Waals surface area contributed by atoms with E-state index in [0.717, 1.165) is 11.1 Å². The van der Waals surface area contributed by atoms with Gasteiger partial charge in [0.15, 0.2) is 11.5 Å². The van der Waals surface area contributed by atoms with Crippen molar-refractivity contribution in [1.29, 1.82) is 0 Å². The average molecular weight is 493 g/mol. The van der Waals surface area contributed by atoms with E-state index in [9.17, 15) is 9.59 Å². The van der Waals surface area contributed by atoms with Crippen LogP contribution in [-0.2, 0) is 9.59 Å². The number of hydrogen-bond acceptors (Lipinski definition) is 6. The van der Waals surface area contributed by atoms with Gasteiger partial charge in [-0.2, -0.15) is 0 Å². The minimum absolute atomic E-state index is 0.0492. The molecule has 0 fully saturated rings. The Hall–Kier alpha value is -3.77. The summed E-state index contributed by atoms with van der Waals surface area (Å²) in [5.41, 5.74) is 1.85. The third kappa shape index (κ3) is 5.17. The quantitative estimate of drug-likeness (QED) is 0.221. The maximum absolute atomic E-state index is 13.1. The first-order chi connectivity index (χ1) is 16.8. The SMILES string of the molecule is COc1c(OC)c(OC(=O)CC2(Cl)C=CC=CC2)c2cc(-c3ccccc3)ccc2c1OC(C)=O. The number of carbonyl (C=O) groups is 2. The van der Waals surface area contributed by atoms with Crippen molar-refractivity contribution in [2.45, 2.75) is 24.6 Å². The molecule has 1 aliphatic carbocycles. The molecular weight excluding hydrogens is 468 g/mol. The molecule has 0 amide bonds. The molecule has 1 aliphatic rings. The number of benzene rings is 3. The lowest BCUT2D eigenvalue weighted by Gasteiger charge is -2.24. The van der Waals surface area contributed by atoms with Gasteiger partial charge in [0, 0.05) is 17.7 Å². The van der Waals surface area contributed by atoms with Crippen molar-refractivity contribution in [3.05, 3.63) is 72.8 Å². The van der Waals surface area contributed by atoms with Gasteiger partial charge in [0.05, 0.1) is 25.5 Å². The molecule has 0 bridgehead atoms. The van der Waals surface area contributed by atoms with Crippen LogP contribution in [0.1, 0.15) is 19.8 Å². The fourth-order valence-corrected chi connectivity index (χ4v) is 4.34. The molecule has 35 heavy (non-hydrogen) atoms. The summed E-state index contributed by atoms with van der Waals surface area (Å²) in [6.45, 7) is 1.30. The van der Waals surface area contributed by atoms with Gasteiger partial charge in [-0.15, -0.1) is 11.6 Å². The van der Waals surface area contributed by atoms with Crippen LogP contribution in [0.5, 0.6) is 23.0 Å². The fourth-order valence-electron chi connectivity index (χ4n) is 4.07.